The molecule has 0 aliphatic heterocycles. The molecule has 0 amide bonds. The highest BCUT2D eigenvalue weighted by Crippen LogP contribution is 2.50. The smallest absolute Gasteiger partial charge is 0.306 e. The minimum Gasteiger partial charge on any atom is -0.306 e. The molecular formula is C12H20ClO7PS. The number of halogens is 1. The summed E-state index contributed by atoms with van der Waals surface area (Å²) in [6.45, 7) is 4.51. The summed E-state index contributed by atoms with van der Waals surface area (Å²) in [5.74, 6) is 0. The van der Waals surface area contributed by atoms with Gasteiger partial charge in [-0.05, 0) is 26.0 Å². The van der Waals surface area contributed by atoms with E-state index in [9.17, 15) is 4.57 Å². The molecule has 0 radical (unpaired) electrons. The summed E-state index contributed by atoms with van der Waals surface area (Å²) in [7, 11) is -7.99. The lowest BCUT2D eigenvalue weighted by atomic mass is 10.4. The van der Waals surface area contributed by atoms with Gasteiger partial charge in [-0.2, -0.15) is 0 Å². The van der Waals surface area contributed by atoms with Crippen molar-refractivity contribution >= 4 is 18.5 Å². The van der Waals surface area contributed by atoms with Gasteiger partial charge in [0.25, 0.3) is 0 Å². The molecule has 0 aliphatic carbocycles. The molecule has 0 saturated heterocycles. The molecule has 0 heterocycles. The standard InChI is InChI=1S/C12H20O3PS.ClHO4/c1-4-14-16(13,15-5-2)11-17(3)12-9-7-6-8-10-12;2-1(3,4)5/h6-10H,4-5,11H2,1-3H3;(H,2,3,4,5)/q+1;/p-1. The molecule has 128 valence electrons. The summed E-state index contributed by atoms with van der Waals surface area (Å²) in [6.07, 6.45) is 2.07. The van der Waals surface area contributed by atoms with Crippen LogP contribution in [0, 0.1) is 10.2 Å². The Kier molecular flexibility index (Phi) is 10.5. The summed E-state index contributed by atoms with van der Waals surface area (Å²) >= 11 is 0. The van der Waals surface area contributed by atoms with E-state index in [1.54, 1.807) is 0 Å². The lowest BCUT2D eigenvalue weighted by Crippen LogP contribution is -2.68. The molecule has 0 bridgehead atoms. The van der Waals surface area contributed by atoms with Crippen molar-refractivity contribution in [3.8, 4) is 0 Å². The van der Waals surface area contributed by atoms with Gasteiger partial charge in [0.1, 0.15) is 6.26 Å². The van der Waals surface area contributed by atoms with E-state index in [1.807, 2.05) is 44.2 Å². The molecule has 1 rings (SSSR count). The van der Waals surface area contributed by atoms with Crippen LogP contribution in [0.25, 0.3) is 0 Å². The predicted molar refractivity (Wildman–Crippen MR) is 73.7 cm³/mol. The number of hydrogen-bond acceptors (Lipinski definition) is 7. The van der Waals surface area contributed by atoms with E-state index in [1.165, 1.54) is 4.90 Å². The van der Waals surface area contributed by atoms with Gasteiger partial charge in [0, 0.05) is 10.9 Å². The first kappa shape index (κ1) is 21.9. The van der Waals surface area contributed by atoms with Crippen LogP contribution in [0.3, 0.4) is 0 Å². The van der Waals surface area contributed by atoms with Crippen molar-refractivity contribution in [2.75, 3.05) is 25.0 Å². The zero-order chi connectivity index (χ0) is 17.2. The van der Waals surface area contributed by atoms with Crippen molar-refractivity contribution in [1.29, 1.82) is 0 Å². The first-order valence-corrected chi connectivity index (χ1v) is 11.0. The van der Waals surface area contributed by atoms with Crippen LogP contribution in [0.1, 0.15) is 13.8 Å². The van der Waals surface area contributed by atoms with E-state index >= 15 is 0 Å². The lowest BCUT2D eigenvalue weighted by molar-refractivity contribution is -2.00. The van der Waals surface area contributed by atoms with Gasteiger partial charge in [-0.15, -0.1) is 10.2 Å². The SMILES string of the molecule is CCOP(=O)(C[S+](C)c1ccccc1)OCC.[O-][Cl+3]([O-])([O-])[O-]. The summed E-state index contributed by atoms with van der Waals surface area (Å²) in [6, 6.07) is 10.1. The van der Waals surface area contributed by atoms with E-state index in [4.69, 9.17) is 27.7 Å². The Balaban J connectivity index is 0.000000763. The van der Waals surface area contributed by atoms with Gasteiger partial charge in [-0.3, -0.25) is 4.57 Å². The molecule has 0 aromatic heterocycles. The topological polar surface area (TPSA) is 128 Å². The number of hydrogen-bond donors (Lipinski definition) is 0. The van der Waals surface area contributed by atoms with Crippen LogP contribution in [0.5, 0.6) is 0 Å². The third-order valence-electron chi connectivity index (χ3n) is 2.15. The van der Waals surface area contributed by atoms with Gasteiger partial charge >= 0.3 is 7.60 Å². The molecule has 0 saturated carbocycles. The fourth-order valence-corrected chi connectivity index (χ4v) is 6.04. The van der Waals surface area contributed by atoms with Crippen molar-refractivity contribution in [2.45, 2.75) is 18.7 Å². The molecule has 7 nitrogen and oxygen atoms in total. The Morgan fingerprint density at radius 1 is 1.05 bits per heavy atom. The van der Waals surface area contributed by atoms with Crippen molar-refractivity contribution in [3.63, 3.8) is 0 Å². The van der Waals surface area contributed by atoms with E-state index < -0.39 is 17.8 Å². The third kappa shape index (κ3) is 11.4. The summed E-state index contributed by atoms with van der Waals surface area (Å²) in [5, 5.41) is 0. The second kappa shape index (κ2) is 10.6. The molecule has 0 spiro atoms. The van der Waals surface area contributed by atoms with Crippen LogP contribution < -0.4 is 18.6 Å². The largest absolute Gasteiger partial charge is 0.379 e. The third-order valence-corrected chi connectivity index (χ3v) is 7.34. The Hall–Kier alpha value is -0.150. The van der Waals surface area contributed by atoms with Gasteiger partial charge < -0.3 is 9.05 Å². The molecule has 0 aliphatic rings. The maximum atomic E-state index is 12.4. The fraction of sp³-hybridized carbons (Fsp3) is 0.500. The van der Waals surface area contributed by atoms with E-state index in [2.05, 4.69) is 6.26 Å². The second-order valence-corrected chi connectivity index (χ2v) is 9.18. The van der Waals surface area contributed by atoms with Gasteiger partial charge in [0.2, 0.25) is 5.49 Å². The molecule has 0 N–H and O–H groups in total. The molecule has 1 atom stereocenters. The van der Waals surface area contributed by atoms with Crippen molar-refractivity contribution < 1.29 is 42.5 Å². The highest BCUT2D eigenvalue weighted by atomic mass is 35.7. The Labute approximate surface area is 135 Å². The molecule has 10 heteroatoms. The van der Waals surface area contributed by atoms with E-state index in [0.29, 0.717) is 18.7 Å². The molecular weight excluding hydrogens is 355 g/mol. The maximum absolute atomic E-state index is 12.4. The monoisotopic (exact) mass is 374 g/mol. The minimum absolute atomic E-state index is 0.119. The highest BCUT2D eigenvalue weighted by molar-refractivity contribution is 8.01. The predicted octanol–water partition coefficient (Wildman–Crippen LogP) is -1.24. The van der Waals surface area contributed by atoms with Crippen LogP contribution in [-0.4, -0.2) is 25.0 Å². The van der Waals surface area contributed by atoms with E-state index in [0.717, 1.165) is 0 Å². The molecule has 22 heavy (non-hydrogen) atoms. The van der Waals surface area contributed by atoms with Crippen molar-refractivity contribution in [3.05, 3.63) is 30.3 Å². The van der Waals surface area contributed by atoms with Gasteiger partial charge in [0.05, 0.1) is 13.2 Å². The molecule has 0 fully saturated rings. The van der Waals surface area contributed by atoms with Crippen LogP contribution in [0.4, 0.5) is 0 Å². The van der Waals surface area contributed by atoms with Crippen LogP contribution in [-0.2, 0) is 24.5 Å². The normalized spacial score (nSPS) is 13.2. The summed E-state index contributed by atoms with van der Waals surface area (Å²) in [5.41, 5.74) is 0.457. The average molecular weight is 375 g/mol. The highest BCUT2D eigenvalue weighted by Gasteiger charge is 2.33. The maximum Gasteiger partial charge on any atom is 0.379 e. The summed E-state index contributed by atoms with van der Waals surface area (Å²) in [4.78, 5) is 1.19. The van der Waals surface area contributed by atoms with E-state index in [-0.39, 0.29) is 10.9 Å². The zero-order valence-corrected chi connectivity index (χ0v) is 15.1. The Morgan fingerprint density at radius 2 is 1.45 bits per heavy atom. The second-order valence-electron chi connectivity index (χ2n) is 3.90. The van der Waals surface area contributed by atoms with Gasteiger partial charge in [0.15, 0.2) is 4.90 Å². The van der Waals surface area contributed by atoms with Crippen LogP contribution >= 0.6 is 7.60 Å². The lowest BCUT2D eigenvalue weighted by Gasteiger charge is -2.17. The van der Waals surface area contributed by atoms with Crippen molar-refractivity contribution in [2.24, 2.45) is 0 Å². The molecule has 1 aromatic rings. The van der Waals surface area contributed by atoms with Crippen LogP contribution in [0.2, 0.25) is 0 Å². The summed E-state index contributed by atoms with van der Waals surface area (Å²) < 4.78 is 56.9. The van der Waals surface area contributed by atoms with Gasteiger partial charge in [-0.1, -0.05) is 18.2 Å². The number of rotatable bonds is 7. The first-order chi connectivity index (χ1) is 10.1. The molecule has 1 unspecified atom stereocenters. The molecule has 1 aromatic carbocycles. The first-order valence-electron chi connectivity index (χ1n) is 6.28. The van der Waals surface area contributed by atoms with Crippen molar-refractivity contribution in [1.82, 2.24) is 0 Å². The Morgan fingerprint density at radius 3 is 1.82 bits per heavy atom. The van der Waals surface area contributed by atoms with Gasteiger partial charge in [-0.25, -0.2) is 18.6 Å². The minimum atomic E-state index is -4.94. The van der Waals surface area contributed by atoms with Crippen LogP contribution in [0.15, 0.2) is 35.2 Å². The Bertz CT molecular complexity index is 439. The average Bonchev–Trinajstić information content (AvgIpc) is 2.38. The quantitative estimate of drug-likeness (QED) is 0.431. The fourth-order valence-electron chi connectivity index (χ4n) is 1.47. The number of benzene rings is 1. The zero-order valence-electron chi connectivity index (χ0n) is 12.6.